The maximum atomic E-state index is 6.35. The third-order valence-electron chi connectivity index (χ3n) is 4.05. The molecule has 106 valence electrons. The minimum Gasteiger partial charge on any atom is -0.497 e. The zero-order chi connectivity index (χ0) is 14.9. The summed E-state index contributed by atoms with van der Waals surface area (Å²) in [5.41, 5.74) is 2.16. The summed E-state index contributed by atoms with van der Waals surface area (Å²) < 4.78 is 10.6. The van der Waals surface area contributed by atoms with Crippen LogP contribution >= 0.6 is 0 Å². The number of rotatable bonds is 4. The van der Waals surface area contributed by atoms with E-state index in [2.05, 4.69) is 9.88 Å². The summed E-state index contributed by atoms with van der Waals surface area (Å²) in [6.07, 6.45) is 2.54. The monoisotopic (exact) mass is 280 g/mol. The number of H-pyrrole nitrogens is 1. The fraction of sp³-hybridized carbons (Fsp3) is 0.467. The standard InChI is InChI=1S/C15H18B2N2O2/c1-20-12-2-3-14-13(8-12)11(10-18-14)9-15(16,17)19-4-6-21-7-5-19/h2-3,8,10,18H,4-7,9H2,1H3. The van der Waals surface area contributed by atoms with Crippen LogP contribution in [0.4, 0.5) is 0 Å². The van der Waals surface area contributed by atoms with E-state index in [4.69, 9.17) is 25.2 Å². The molecule has 1 N–H and O–H groups in total. The van der Waals surface area contributed by atoms with Crippen LogP contribution in [0.3, 0.4) is 0 Å². The normalized spacial score (nSPS) is 17.2. The summed E-state index contributed by atoms with van der Waals surface area (Å²) in [4.78, 5) is 5.33. The van der Waals surface area contributed by atoms with Gasteiger partial charge in [0.2, 0.25) is 0 Å². The van der Waals surface area contributed by atoms with Crippen molar-refractivity contribution < 1.29 is 9.47 Å². The molecule has 1 saturated heterocycles. The molecule has 4 radical (unpaired) electrons. The molecule has 1 aliphatic heterocycles. The number of ether oxygens (including phenoxy) is 2. The van der Waals surface area contributed by atoms with Crippen LogP contribution in [-0.2, 0) is 11.2 Å². The minimum atomic E-state index is -0.873. The van der Waals surface area contributed by atoms with E-state index in [9.17, 15) is 0 Å². The smallest absolute Gasteiger partial charge is 0.119 e. The number of benzene rings is 1. The molecule has 0 spiro atoms. The number of methoxy groups -OCH3 is 1. The summed E-state index contributed by atoms with van der Waals surface area (Å²) >= 11 is 0. The van der Waals surface area contributed by atoms with Crippen molar-refractivity contribution in [1.29, 1.82) is 0 Å². The lowest BCUT2D eigenvalue weighted by Crippen LogP contribution is -2.55. The molecule has 0 unspecified atom stereocenters. The molecular formula is C15H18B2N2O2. The van der Waals surface area contributed by atoms with Crippen LogP contribution in [0.1, 0.15) is 5.56 Å². The Labute approximate surface area is 127 Å². The van der Waals surface area contributed by atoms with Gasteiger partial charge in [0.15, 0.2) is 0 Å². The zero-order valence-electron chi connectivity index (χ0n) is 12.3. The van der Waals surface area contributed by atoms with E-state index < -0.39 is 5.34 Å². The first kappa shape index (κ1) is 14.5. The summed E-state index contributed by atoms with van der Waals surface area (Å²) in [7, 11) is 14.4. The van der Waals surface area contributed by atoms with Crippen molar-refractivity contribution in [2.24, 2.45) is 0 Å². The number of fused-ring (bicyclic) bond motifs is 1. The minimum absolute atomic E-state index is 0.570. The Balaban J connectivity index is 1.86. The topological polar surface area (TPSA) is 37.5 Å². The molecule has 1 aromatic heterocycles. The Morgan fingerprint density at radius 2 is 2.10 bits per heavy atom. The zero-order valence-corrected chi connectivity index (χ0v) is 12.3. The fourth-order valence-corrected chi connectivity index (χ4v) is 2.83. The highest BCUT2D eigenvalue weighted by atomic mass is 16.5. The van der Waals surface area contributed by atoms with Gasteiger partial charge >= 0.3 is 0 Å². The van der Waals surface area contributed by atoms with Gasteiger partial charge in [0.1, 0.15) is 5.75 Å². The van der Waals surface area contributed by atoms with Crippen molar-refractivity contribution in [3.8, 4) is 5.75 Å². The number of hydrogen-bond acceptors (Lipinski definition) is 3. The van der Waals surface area contributed by atoms with E-state index in [1.165, 1.54) is 0 Å². The number of morpholine rings is 1. The summed E-state index contributed by atoms with van der Waals surface area (Å²) in [5, 5.41) is 0.227. The Hall–Kier alpha value is -1.39. The molecule has 6 heteroatoms. The summed E-state index contributed by atoms with van der Waals surface area (Å²) in [6, 6.07) is 5.94. The Kier molecular flexibility index (Phi) is 4.00. The van der Waals surface area contributed by atoms with Gasteiger partial charge in [-0.2, -0.15) is 0 Å². The van der Waals surface area contributed by atoms with E-state index in [1.807, 2.05) is 24.4 Å². The second kappa shape index (κ2) is 5.78. The maximum Gasteiger partial charge on any atom is 0.119 e. The predicted octanol–water partition coefficient (Wildman–Crippen LogP) is 1.04. The van der Waals surface area contributed by atoms with E-state index in [-0.39, 0.29) is 0 Å². The van der Waals surface area contributed by atoms with Gasteiger partial charge in [-0.15, -0.1) is 0 Å². The van der Waals surface area contributed by atoms with E-state index in [0.29, 0.717) is 19.6 Å². The van der Waals surface area contributed by atoms with Crippen molar-refractivity contribution >= 4 is 26.6 Å². The molecule has 0 saturated carbocycles. The van der Waals surface area contributed by atoms with E-state index in [0.717, 1.165) is 35.3 Å². The van der Waals surface area contributed by atoms with Crippen molar-refractivity contribution in [1.82, 2.24) is 9.88 Å². The van der Waals surface area contributed by atoms with Gasteiger partial charge in [-0.3, -0.25) is 0 Å². The molecule has 2 aromatic rings. The van der Waals surface area contributed by atoms with Gasteiger partial charge in [0.05, 0.1) is 36.0 Å². The van der Waals surface area contributed by atoms with Crippen molar-refractivity contribution in [3.63, 3.8) is 0 Å². The van der Waals surface area contributed by atoms with Crippen molar-refractivity contribution in [2.45, 2.75) is 11.8 Å². The fourth-order valence-electron chi connectivity index (χ4n) is 2.83. The molecule has 1 fully saturated rings. The van der Waals surface area contributed by atoms with Gasteiger partial charge in [-0.1, -0.05) is 0 Å². The molecular weight excluding hydrogens is 262 g/mol. The van der Waals surface area contributed by atoms with Gasteiger partial charge in [0.25, 0.3) is 0 Å². The summed E-state index contributed by atoms with van der Waals surface area (Å²) in [6.45, 7) is 2.88. The van der Waals surface area contributed by atoms with Crippen LogP contribution < -0.4 is 4.74 Å². The predicted molar refractivity (Wildman–Crippen MR) is 85.2 cm³/mol. The molecule has 0 amide bonds. The molecule has 21 heavy (non-hydrogen) atoms. The van der Waals surface area contributed by atoms with Crippen LogP contribution in [0.15, 0.2) is 24.4 Å². The average Bonchev–Trinajstić information content (AvgIpc) is 2.90. The Morgan fingerprint density at radius 1 is 1.33 bits per heavy atom. The van der Waals surface area contributed by atoms with Gasteiger partial charge in [-0.05, 0) is 35.5 Å². The van der Waals surface area contributed by atoms with E-state index >= 15 is 0 Å². The third kappa shape index (κ3) is 2.97. The van der Waals surface area contributed by atoms with Gasteiger partial charge in [-0.25, -0.2) is 0 Å². The highest BCUT2D eigenvalue weighted by Gasteiger charge is 2.28. The number of aromatic nitrogens is 1. The molecule has 3 rings (SSSR count). The lowest BCUT2D eigenvalue weighted by Gasteiger charge is -2.42. The number of nitrogens with one attached hydrogen (secondary N) is 1. The first-order valence-electron chi connectivity index (χ1n) is 7.15. The molecule has 4 nitrogen and oxygen atoms in total. The second-order valence-electron chi connectivity index (χ2n) is 5.49. The first-order valence-corrected chi connectivity index (χ1v) is 7.15. The lowest BCUT2D eigenvalue weighted by atomic mass is 9.57. The van der Waals surface area contributed by atoms with Gasteiger partial charge < -0.3 is 19.4 Å². The maximum absolute atomic E-state index is 6.35. The molecule has 1 aromatic carbocycles. The Morgan fingerprint density at radius 3 is 2.81 bits per heavy atom. The molecule has 2 heterocycles. The second-order valence-corrected chi connectivity index (χ2v) is 5.49. The average molecular weight is 280 g/mol. The molecule has 0 atom stereocenters. The number of nitrogens with zero attached hydrogens (tertiary/aromatic N) is 1. The van der Waals surface area contributed by atoms with Crippen molar-refractivity contribution in [2.75, 3.05) is 33.4 Å². The number of aromatic amines is 1. The van der Waals surface area contributed by atoms with Gasteiger partial charge in [0, 0.05) is 30.2 Å². The van der Waals surface area contributed by atoms with Crippen LogP contribution in [0.5, 0.6) is 5.75 Å². The van der Waals surface area contributed by atoms with Crippen LogP contribution in [-0.4, -0.2) is 64.3 Å². The molecule has 0 aliphatic carbocycles. The van der Waals surface area contributed by atoms with Crippen molar-refractivity contribution in [3.05, 3.63) is 30.0 Å². The molecule has 1 aliphatic rings. The largest absolute Gasteiger partial charge is 0.497 e. The quantitative estimate of drug-likeness (QED) is 0.850. The van der Waals surface area contributed by atoms with Crippen LogP contribution in [0, 0.1) is 0 Å². The highest BCUT2D eigenvalue weighted by molar-refractivity contribution is 6.40. The first-order chi connectivity index (χ1) is 10.1. The third-order valence-corrected chi connectivity index (χ3v) is 4.05. The van der Waals surface area contributed by atoms with Crippen LogP contribution in [0.2, 0.25) is 0 Å². The Bertz CT molecular complexity index is 621. The van der Waals surface area contributed by atoms with E-state index in [1.54, 1.807) is 7.11 Å². The number of hydrogen-bond donors (Lipinski definition) is 1. The lowest BCUT2D eigenvalue weighted by molar-refractivity contribution is 0.0233. The van der Waals surface area contributed by atoms with Crippen LogP contribution in [0.25, 0.3) is 10.9 Å². The SMILES string of the molecule is [B]C([B])(Cc1c[nH]c2ccc(OC)cc12)N1CCOCC1. The summed E-state index contributed by atoms with van der Waals surface area (Å²) in [5.74, 6) is 0.828. The highest BCUT2D eigenvalue weighted by Crippen LogP contribution is 2.27. The molecule has 0 bridgehead atoms.